The molecule has 0 bridgehead atoms. The van der Waals surface area contributed by atoms with Crippen LogP contribution in [0, 0.1) is 0 Å². The fourth-order valence-corrected chi connectivity index (χ4v) is 1.87. The Morgan fingerprint density at radius 1 is 1.42 bits per heavy atom. The first kappa shape index (κ1) is 13.8. The van der Waals surface area contributed by atoms with Crippen molar-refractivity contribution in [2.75, 3.05) is 19.1 Å². The van der Waals surface area contributed by atoms with Crippen LogP contribution in [-0.4, -0.2) is 38.0 Å². The first-order valence-electron chi connectivity index (χ1n) is 5.50. The predicted molar refractivity (Wildman–Crippen MR) is 65.2 cm³/mol. The fraction of sp³-hybridized carbons (Fsp3) is 0.364. The van der Waals surface area contributed by atoms with Gasteiger partial charge in [0.1, 0.15) is 11.9 Å². The molecule has 19 heavy (non-hydrogen) atoms. The third kappa shape index (κ3) is 4.86. The Balaban J connectivity index is 1.74. The summed E-state index contributed by atoms with van der Waals surface area (Å²) in [7, 11) is -4.31. The Hall–Kier alpha value is -1.64. The number of hydrogen-bond acceptors (Lipinski definition) is 5. The van der Waals surface area contributed by atoms with Gasteiger partial charge < -0.3 is 14.8 Å². The fourth-order valence-electron chi connectivity index (χ4n) is 1.44. The first-order valence-corrected chi connectivity index (χ1v) is 7.11. The molecular weight excluding hydrogens is 274 g/mol. The summed E-state index contributed by atoms with van der Waals surface area (Å²) in [5, 5.41) is 2.21. The van der Waals surface area contributed by atoms with Crippen LogP contribution in [0.15, 0.2) is 24.3 Å². The molecule has 1 atom stereocenters. The number of amides is 1. The van der Waals surface area contributed by atoms with Crippen molar-refractivity contribution in [1.29, 1.82) is 0 Å². The van der Waals surface area contributed by atoms with Gasteiger partial charge in [0, 0.05) is 0 Å². The molecule has 0 saturated carbocycles. The van der Waals surface area contributed by atoms with Gasteiger partial charge in [0.05, 0.1) is 6.61 Å². The Kier molecular flexibility index (Phi) is 4.03. The van der Waals surface area contributed by atoms with Gasteiger partial charge in [-0.1, -0.05) is 12.1 Å². The monoisotopic (exact) mass is 287 g/mol. The largest absolute Gasteiger partial charge is 0.473 e. The number of nitrogens with one attached hydrogen (secondary N) is 1. The third-order valence-electron chi connectivity index (χ3n) is 2.41. The molecule has 2 rings (SSSR count). The zero-order valence-electron chi connectivity index (χ0n) is 9.90. The Bertz CT molecular complexity index is 549. The summed E-state index contributed by atoms with van der Waals surface area (Å²) in [5.41, 5.74) is 1.06. The molecule has 1 aromatic rings. The summed E-state index contributed by atoms with van der Waals surface area (Å²) in [6, 6.07) is 7.16. The second kappa shape index (κ2) is 5.55. The molecular formula is C11H13NO6S. The van der Waals surface area contributed by atoms with Crippen LogP contribution >= 0.6 is 0 Å². The summed E-state index contributed by atoms with van der Waals surface area (Å²) >= 11 is 0. The van der Waals surface area contributed by atoms with Crippen molar-refractivity contribution in [2.24, 2.45) is 0 Å². The Morgan fingerprint density at radius 2 is 2.05 bits per heavy atom. The van der Waals surface area contributed by atoms with Crippen LogP contribution in [0.2, 0.25) is 0 Å². The summed E-state index contributed by atoms with van der Waals surface area (Å²) in [4.78, 5) is 11.1. The van der Waals surface area contributed by atoms with E-state index in [1.807, 2.05) is 12.1 Å². The van der Waals surface area contributed by atoms with Crippen LogP contribution in [0.5, 0.6) is 5.75 Å². The summed E-state index contributed by atoms with van der Waals surface area (Å²) in [5.74, 6) is -1.27. The van der Waals surface area contributed by atoms with Crippen molar-refractivity contribution in [1.82, 2.24) is 5.32 Å². The van der Waals surface area contributed by atoms with E-state index < -0.39 is 21.8 Å². The minimum atomic E-state index is -4.31. The van der Waals surface area contributed by atoms with E-state index in [0.29, 0.717) is 5.75 Å². The second-order valence-corrected chi connectivity index (χ2v) is 5.46. The summed E-state index contributed by atoms with van der Waals surface area (Å²) in [6.45, 7) is 0.555. The molecule has 0 aliphatic carbocycles. The molecule has 7 nitrogen and oxygen atoms in total. The number of epoxide rings is 1. The van der Waals surface area contributed by atoms with Gasteiger partial charge in [-0.2, -0.15) is 8.42 Å². The molecule has 8 heteroatoms. The number of carbonyl (C=O) groups excluding carboxylic acids is 1. The Labute approximate surface area is 110 Å². The van der Waals surface area contributed by atoms with E-state index in [9.17, 15) is 13.2 Å². The van der Waals surface area contributed by atoms with Gasteiger partial charge in [-0.05, 0) is 17.7 Å². The smallest absolute Gasteiger partial charge is 0.274 e. The third-order valence-corrected chi connectivity index (χ3v) is 3.03. The molecule has 1 unspecified atom stereocenters. The predicted octanol–water partition coefficient (Wildman–Crippen LogP) is 0.0982. The van der Waals surface area contributed by atoms with Crippen LogP contribution in [-0.2, 0) is 19.6 Å². The lowest BCUT2D eigenvalue weighted by molar-refractivity contribution is -0.119. The molecule has 1 heterocycles. The average Bonchev–Trinajstić information content (AvgIpc) is 3.11. The molecule has 0 radical (unpaired) electrons. The molecule has 2 N–H and O–H groups in total. The quantitative estimate of drug-likeness (QED) is 0.437. The number of rotatable bonds is 6. The van der Waals surface area contributed by atoms with Gasteiger partial charge in [-0.3, -0.25) is 9.35 Å². The van der Waals surface area contributed by atoms with E-state index in [1.54, 1.807) is 12.1 Å². The van der Waals surface area contributed by atoms with Crippen molar-refractivity contribution in [3.63, 3.8) is 0 Å². The van der Waals surface area contributed by atoms with E-state index in [-0.39, 0.29) is 12.8 Å². The second-order valence-electron chi connectivity index (χ2n) is 4.01. The van der Waals surface area contributed by atoms with Gasteiger partial charge in [-0.15, -0.1) is 0 Å². The maximum Gasteiger partial charge on any atom is 0.274 e. The highest BCUT2D eigenvalue weighted by molar-refractivity contribution is 7.86. The van der Waals surface area contributed by atoms with Gasteiger partial charge >= 0.3 is 0 Å². The van der Waals surface area contributed by atoms with Crippen LogP contribution in [0.1, 0.15) is 11.7 Å². The van der Waals surface area contributed by atoms with Crippen molar-refractivity contribution in [3.8, 4) is 5.75 Å². The number of carbonyl (C=O) groups is 1. The maximum atomic E-state index is 11.1. The van der Waals surface area contributed by atoms with Gasteiger partial charge in [-0.25, -0.2) is 0 Å². The average molecular weight is 287 g/mol. The molecule has 1 fully saturated rings. The van der Waals surface area contributed by atoms with Crippen molar-refractivity contribution >= 4 is 16.0 Å². The topological polar surface area (TPSA) is 105 Å². The van der Waals surface area contributed by atoms with Crippen molar-refractivity contribution in [2.45, 2.75) is 6.10 Å². The zero-order valence-corrected chi connectivity index (χ0v) is 10.7. The highest BCUT2D eigenvalue weighted by Crippen LogP contribution is 2.30. The number of ether oxygens (including phenoxy) is 2. The van der Waals surface area contributed by atoms with Crippen LogP contribution < -0.4 is 10.1 Å². The van der Waals surface area contributed by atoms with Crippen molar-refractivity contribution in [3.05, 3.63) is 29.8 Å². The molecule has 1 amide bonds. The summed E-state index contributed by atoms with van der Waals surface area (Å²) in [6.07, 6.45) is 0.170. The standard InChI is InChI=1S/C11H13NO6S/c13-11(6-19(14,15)16)12-7-18-9-3-1-8(2-4-9)10-5-17-10/h1-4,10H,5-7H2,(H,12,13)(H,14,15,16). The van der Waals surface area contributed by atoms with Crippen LogP contribution in [0.25, 0.3) is 0 Å². The lowest BCUT2D eigenvalue weighted by atomic mass is 10.2. The molecule has 1 saturated heterocycles. The SMILES string of the molecule is O=C(CS(=O)(=O)O)NCOc1ccc(C2CO2)cc1. The van der Waals surface area contributed by atoms with Gasteiger partial charge in [0.2, 0.25) is 5.91 Å². The molecule has 1 aliphatic rings. The van der Waals surface area contributed by atoms with Crippen LogP contribution in [0.4, 0.5) is 0 Å². The maximum absolute atomic E-state index is 11.1. The molecule has 0 spiro atoms. The highest BCUT2D eigenvalue weighted by atomic mass is 32.2. The van der Waals surface area contributed by atoms with E-state index in [4.69, 9.17) is 14.0 Å². The lowest BCUT2D eigenvalue weighted by Crippen LogP contribution is -2.32. The normalized spacial score (nSPS) is 17.8. The zero-order chi connectivity index (χ0) is 13.9. The molecule has 104 valence electrons. The van der Waals surface area contributed by atoms with Gasteiger partial charge in [0.15, 0.2) is 12.5 Å². The van der Waals surface area contributed by atoms with E-state index >= 15 is 0 Å². The first-order chi connectivity index (χ1) is 8.94. The summed E-state index contributed by atoms with van der Waals surface area (Å²) < 4.78 is 39.6. The molecule has 1 aromatic carbocycles. The molecule has 0 aromatic heterocycles. The van der Waals surface area contributed by atoms with Crippen LogP contribution in [0.3, 0.4) is 0 Å². The Morgan fingerprint density at radius 3 is 2.58 bits per heavy atom. The minimum Gasteiger partial charge on any atom is -0.473 e. The van der Waals surface area contributed by atoms with E-state index in [0.717, 1.165) is 12.2 Å². The lowest BCUT2D eigenvalue weighted by Gasteiger charge is -2.07. The minimum absolute atomic E-state index is 0.170. The van der Waals surface area contributed by atoms with Crippen molar-refractivity contribution < 1.29 is 27.2 Å². The highest BCUT2D eigenvalue weighted by Gasteiger charge is 2.24. The molecule has 1 aliphatic heterocycles. The van der Waals surface area contributed by atoms with Gasteiger partial charge in [0.25, 0.3) is 10.1 Å². The van der Waals surface area contributed by atoms with E-state index in [2.05, 4.69) is 5.32 Å². The number of benzene rings is 1. The number of hydrogen-bond donors (Lipinski definition) is 2. The van der Waals surface area contributed by atoms with E-state index in [1.165, 1.54) is 0 Å².